The van der Waals surface area contributed by atoms with E-state index in [1.54, 1.807) is 32.4 Å². The van der Waals surface area contributed by atoms with Crippen LogP contribution >= 0.6 is 0 Å². The molecule has 3 heterocycles. The molecule has 2 aliphatic carbocycles. The molecule has 0 spiro atoms. The molecule has 276 valence electrons. The SMILES string of the molecule is CC[C@@H]1C[C@H](C)CC/C=C\[C@@H]2C[C@@]2(C(=O)NS(=O)(=O)C2(C)CC2)NC(=O)[C@@H]2C[C@@H](Oc3nccc4c(OC)cccc34)CN2C(=O)[C@H]1NC(=O)O. The molecule has 6 rings (SSSR count). The second-order valence-corrected chi connectivity index (χ2v) is 16.9. The van der Waals surface area contributed by atoms with Crippen molar-refractivity contribution in [2.24, 2.45) is 17.8 Å². The third kappa shape index (κ3) is 7.22. The van der Waals surface area contributed by atoms with Crippen LogP contribution in [0.2, 0.25) is 0 Å². The molecule has 14 nitrogen and oxygen atoms in total. The number of aromatic nitrogens is 1. The van der Waals surface area contributed by atoms with E-state index >= 15 is 0 Å². The van der Waals surface area contributed by atoms with Crippen LogP contribution in [0.3, 0.4) is 0 Å². The lowest BCUT2D eigenvalue weighted by atomic mass is 9.85. The maximum atomic E-state index is 14.5. The lowest BCUT2D eigenvalue weighted by molar-refractivity contribution is -0.142. The lowest BCUT2D eigenvalue weighted by Crippen LogP contribution is -2.59. The van der Waals surface area contributed by atoms with Gasteiger partial charge >= 0.3 is 6.09 Å². The molecule has 4 N–H and O–H groups in total. The Labute approximate surface area is 297 Å². The quantitative estimate of drug-likeness (QED) is 0.293. The Bertz CT molecular complexity index is 1850. The zero-order chi connectivity index (χ0) is 36.7. The first kappa shape index (κ1) is 36.4. The highest BCUT2D eigenvalue weighted by Crippen LogP contribution is 2.47. The number of benzene rings is 1. The molecule has 4 aliphatic rings. The highest BCUT2D eigenvalue weighted by atomic mass is 32.2. The molecule has 1 aromatic heterocycles. The van der Waals surface area contributed by atoms with Crippen LogP contribution in [0.4, 0.5) is 4.79 Å². The average molecular weight is 726 g/mol. The van der Waals surface area contributed by atoms with Gasteiger partial charge in [-0.3, -0.25) is 19.1 Å². The minimum Gasteiger partial charge on any atom is -0.496 e. The molecular weight excluding hydrogens is 678 g/mol. The molecule has 1 saturated heterocycles. The van der Waals surface area contributed by atoms with Gasteiger partial charge in [-0.05, 0) is 75.5 Å². The van der Waals surface area contributed by atoms with Gasteiger partial charge in [-0.2, -0.15) is 0 Å². The van der Waals surface area contributed by atoms with Crippen LogP contribution in [0.1, 0.15) is 72.1 Å². The summed E-state index contributed by atoms with van der Waals surface area (Å²) < 4.78 is 39.3. The number of carbonyl (C=O) groups is 4. The fourth-order valence-electron chi connectivity index (χ4n) is 7.53. The average Bonchev–Trinajstić information content (AvgIpc) is 3.97. The van der Waals surface area contributed by atoms with Crippen molar-refractivity contribution in [3.05, 3.63) is 42.6 Å². The van der Waals surface area contributed by atoms with Gasteiger partial charge in [0.25, 0.3) is 5.91 Å². The Morgan fingerprint density at radius 3 is 2.61 bits per heavy atom. The number of pyridine rings is 1. The number of amides is 4. The van der Waals surface area contributed by atoms with Gasteiger partial charge < -0.3 is 30.1 Å². The number of methoxy groups -OCH3 is 1. The van der Waals surface area contributed by atoms with Gasteiger partial charge in [-0.25, -0.2) is 18.2 Å². The molecule has 15 heteroatoms. The number of nitrogens with zero attached hydrogens (tertiary/aromatic N) is 2. The topological polar surface area (TPSA) is 193 Å². The van der Waals surface area contributed by atoms with Gasteiger partial charge in [-0.1, -0.05) is 38.5 Å². The van der Waals surface area contributed by atoms with Crippen LogP contribution in [-0.4, -0.2) is 89.4 Å². The Morgan fingerprint density at radius 1 is 1.16 bits per heavy atom. The summed E-state index contributed by atoms with van der Waals surface area (Å²) in [5.41, 5.74) is -1.54. The molecule has 0 unspecified atom stereocenters. The standard InChI is InChI=1S/C36H47N5O9S/c1-5-22-17-21(2)9-6-7-10-23-19-36(23,33(44)40-51(47,48)35(3)14-15-35)39-30(42)27-18-24(20-41(27)32(43)29(22)38-34(45)46)50-31-26-11-8-12-28(49-4)25(26)13-16-37-31/h7-8,10-13,16,21-24,27,29,38H,5-6,9,14-15,17-20H2,1-4H3,(H,39,42)(H,40,44)(H,45,46)/b10-7-/t21-,22-,23-,24-,27+,29+,36-/m1/s1. The van der Waals surface area contributed by atoms with E-state index in [9.17, 15) is 32.7 Å². The molecule has 0 bridgehead atoms. The van der Waals surface area contributed by atoms with Crippen molar-refractivity contribution in [2.45, 2.75) is 101 Å². The Hall–Kier alpha value is -4.40. The summed E-state index contributed by atoms with van der Waals surface area (Å²) in [5, 5.41) is 16.6. The number of allylic oxidation sites excluding steroid dienone is 1. The van der Waals surface area contributed by atoms with Crippen molar-refractivity contribution in [3.63, 3.8) is 0 Å². The summed E-state index contributed by atoms with van der Waals surface area (Å²) in [6.07, 6.45) is 6.83. The first-order valence-electron chi connectivity index (χ1n) is 17.7. The Morgan fingerprint density at radius 2 is 1.92 bits per heavy atom. The molecule has 1 aromatic carbocycles. The lowest BCUT2D eigenvalue weighted by Gasteiger charge is -2.33. The van der Waals surface area contributed by atoms with Crippen LogP contribution in [0, 0.1) is 17.8 Å². The second-order valence-electron chi connectivity index (χ2n) is 14.8. The summed E-state index contributed by atoms with van der Waals surface area (Å²) in [7, 11) is -2.44. The Kier molecular flexibility index (Phi) is 9.96. The molecular formula is C36H47N5O9S. The van der Waals surface area contributed by atoms with E-state index in [2.05, 4.69) is 27.3 Å². The number of carbonyl (C=O) groups excluding carboxylic acids is 3. The second kappa shape index (κ2) is 14.0. The fourth-order valence-corrected chi connectivity index (χ4v) is 8.84. The van der Waals surface area contributed by atoms with E-state index in [-0.39, 0.29) is 37.1 Å². The number of sulfonamides is 1. The highest BCUT2D eigenvalue weighted by Gasteiger charge is 2.63. The minimum atomic E-state index is -4.00. The summed E-state index contributed by atoms with van der Waals surface area (Å²) >= 11 is 0. The zero-order valence-corrected chi connectivity index (χ0v) is 30.2. The molecule has 4 amide bonds. The van der Waals surface area contributed by atoms with Crippen LogP contribution in [0.15, 0.2) is 42.6 Å². The molecule has 51 heavy (non-hydrogen) atoms. The van der Waals surface area contributed by atoms with Crippen molar-refractivity contribution in [1.29, 1.82) is 0 Å². The minimum absolute atomic E-state index is 0.0150. The fraction of sp³-hybridized carbons (Fsp3) is 0.583. The van der Waals surface area contributed by atoms with Gasteiger partial charge in [0.05, 0.1) is 18.4 Å². The van der Waals surface area contributed by atoms with Gasteiger partial charge in [0, 0.05) is 29.3 Å². The largest absolute Gasteiger partial charge is 0.496 e. The molecule has 7 atom stereocenters. The third-order valence-electron chi connectivity index (χ3n) is 11.1. The first-order valence-corrected chi connectivity index (χ1v) is 19.1. The highest BCUT2D eigenvalue weighted by molar-refractivity contribution is 7.91. The van der Waals surface area contributed by atoms with Crippen LogP contribution in [-0.2, 0) is 24.4 Å². The van der Waals surface area contributed by atoms with Gasteiger partial charge in [0.1, 0.15) is 29.5 Å². The molecule has 2 aromatic rings. The summed E-state index contributed by atoms with van der Waals surface area (Å²) in [6.45, 7) is 5.48. The third-order valence-corrected chi connectivity index (χ3v) is 13.3. The van der Waals surface area contributed by atoms with Crippen LogP contribution in [0.25, 0.3) is 10.8 Å². The predicted molar refractivity (Wildman–Crippen MR) is 187 cm³/mol. The van der Waals surface area contributed by atoms with E-state index in [1.165, 1.54) is 4.90 Å². The smallest absolute Gasteiger partial charge is 0.405 e. The maximum Gasteiger partial charge on any atom is 0.405 e. The maximum absolute atomic E-state index is 14.5. The van der Waals surface area contributed by atoms with E-state index in [0.717, 1.165) is 11.8 Å². The first-order chi connectivity index (χ1) is 24.2. The number of carboxylic acid groups (broad SMARTS) is 1. The van der Waals surface area contributed by atoms with E-state index in [4.69, 9.17) is 9.47 Å². The number of fused-ring (bicyclic) bond motifs is 3. The predicted octanol–water partition coefficient (Wildman–Crippen LogP) is 3.50. The van der Waals surface area contributed by atoms with E-state index in [0.29, 0.717) is 43.2 Å². The molecule has 3 fully saturated rings. The van der Waals surface area contributed by atoms with Crippen LogP contribution < -0.4 is 24.8 Å². The zero-order valence-electron chi connectivity index (χ0n) is 29.4. The molecule has 2 saturated carbocycles. The van der Waals surface area contributed by atoms with E-state index in [1.807, 2.05) is 31.2 Å². The van der Waals surface area contributed by atoms with Gasteiger partial charge in [0.2, 0.25) is 27.7 Å². The Balaban J connectivity index is 1.35. The van der Waals surface area contributed by atoms with Crippen LogP contribution in [0.5, 0.6) is 11.6 Å². The normalized spacial score (nSPS) is 31.2. The summed E-state index contributed by atoms with van der Waals surface area (Å²) in [6, 6.07) is 4.93. The number of rotatable bonds is 8. The van der Waals surface area contributed by atoms with Gasteiger partial charge in [-0.15, -0.1) is 0 Å². The number of ether oxygens (including phenoxy) is 2. The molecule has 0 radical (unpaired) electrons. The van der Waals surface area contributed by atoms with Crippen molar-refractivity contribution < 1.29 is 42.2 Å². The van der Waals surface area contributed by atoms with Crippen molar-refractivity contribution in [2.75, 3.05) is 13.7 Å². The number of hydrogen-bond donors (Lipinski definition) is 4. The van der Waals surface area contributed by atoms with Crippen molar-refractivity contribution in [3.8, 4) is 11.6 Å². The number of nitrogens with one attached hydrogen (secondary N) is 3. The monoisotopic (exact) mass is 725 g/mol. The van der Waals surface area contributed by atoms with Gasteiger partial charge in [0.15, 0.2) is 0 Å². The van der Waals surface area contributed by atoms with Crippen molar-refractivity contribution in [1.82, 2.24) is 25.2 Å². The number of hydrogen-bond acceptors (Lipinski definition) is 9. The summed E-state index contributed by atoms with van der Waals surface area (Å²) in [5.74, 6) is -1.84. The summed E-state index contributed by atoms with van der Waals surface area (Å²) in [4.78, 5) is 60.5. The molecule has 2 aliphatic heterocycles. The van der Waals surface area contributed by atoms with E-state index < -0.39 is 68.2 Å². The van der Waals surface area contributed by atoms with Crippen molar-refractivity contribution >= 4 is 44.6 Å².